The van der Waals surface area contributed by atoms with E-state index in [0.29, 0.717) is 47.1 Å². The minimum atomic E-state index is -3.74. The highest BCUT2D eigenvalue weighted by Crippen LogP contribution is 2.35. The van der Waals surface area contributed by atoms with Gasteiger partial charge in [-0.2, -0.15) is 9.29 Å². The van der Waals surface area contributed by atoms with E-state index in [1.54, 1.807) is 49.5 Å². The number of aliphatic hydroxyl groups excluding tert-OH is 1. The molecule has 3 N–H and O–H groups in total. The van der Waals surface area contributed by atoms with Crippen molar-refractivity contribution >= 4 is 33.2 Å². The number of benzene rings is 2. The predicted octanol–water partition coefficient (Wildman–Crippen LogP) is 5.12. The van der Waals surface area contributed by atoms with Crippen LogP contribution in [0, 0.1) is 24.5 Å². The number of hydrogen-bond donors (Lipinski definition) is 3. The number of aromatic nitrogens is 3. The van der Waals surface area contributed by atoms with Gasteiger partial charge in [-0.05, 0) is 91.4 Å². The van der Waals surface area contributed by atoms with Crippen LogP contribution in [0.5, 0.6) is 0 Å². The molecule has 3 heterocycles. The second kappa shape index (κ2) is 12.2. The van der Waals surface area contributed by atoms with Crippen molar-refractivity contribution in [2.45, 2.75) is 30.6 Å². The summed E-state index contributed by atoms with van der Waals surface area (Å²) in [5.74, 6) is -0.409. The summed E-state index contributed by atoms with van der Waals surface area (Å²) in [6.07, 6.45) is 5.20. The molecule has 0 spiro atoms. The summed E-state index contributed by atoms with van der Waals surface area (Å²) in [6.45, 7) is 2.01. The maximum atomic E-state index is 14.3. The summed E-state index contributed by atoms with van der Waals surface area (Å²) < 4.78 is 55.9. The zero-order chi connectivity index (χ0) is 29.0. The number of sulfonamides is 1. The summed E-state index contributed by atoms with van der Waals surface area (Å²) in [7, 11) is -3.74. The Kier molecular flexibility index (Phi) is 8.52. The van der Waals surface area contributed by atoms with Crippen LogP contribution in [-0.2, 0) is 10.0 Å². The van der Waals surface area contributed by atoms with Crippen molar-refractivity contribution in [3.05, 3.63) is 95.9 Å². The van der Waals surface area contributed by atoms with Crippen LogP contribution in [0.15, 0.2) is 78.1 Å². The molecule has 12 heteroatoms. The van der Waals surface area contributed by atoms with E-state index in [2.05, 4.69) is 25.6 Å². The number of halogens is 2. The molecule has 0 aliphatic carbocycles. The molecule has 1 aliphatic rings. The molecule has 2 aromatic heterocycles. The molecule has 2 aromatic carbocycles. The molecular formula is C29H30F2N6O3S. The monoisotopic (exact) mass is 580 g/mol. The molecule has 1 saturated heterocycles. The molecule has 0 bridgehead atoms. The number of nitrogens with one attached hydrogen (secondary N) is 2. The second-order valence-electron chi connectivity index (χ2n) is 9.93. The van der Waals surface area contributed by atoms with E-state index in [-0.39, 0.29) is 36.3 Å². The summed E-state index contributed by atoms with van der Waals surface area (Å²) in [5, 5.41) is 16.1. The first-order valence-electron chi connectivity index (χ1n) is 13.2. The van der Waals surface area contributed by atoms with Crippen molar-refractivity contribution in [2.75, 3.05) is 30.3 Å². The summed E-state index contributed by atoms with van der Waals surface area (Å²) in [6, 6.07) is 14.2. The molecule has 4 aromatic rings. The van der Waals surface area contributed by atoms with E-state index in [1.807, 2.05) is 0 Å². The average Bonchev–Trinajstić information content (AvgIpc) is 2.97. The number of anilines is 4. The Balaban J connectivity index is 1.21. The summed E-state index contributed by atoms with van der Waals surface area (Å²) >= 11 is 0. The maximum Gasteiger partial charge on any atom is 0.243 e. The minimum Gasteiger partial charge on any atom is -0.396 e. The van der Waals surface area contributed by atoms with E-state index in [9.17, 15) is 22.3 Å². The molecule has 214 valence electrons. The number of aliphatic hydroxyl groups is 1. The SMILES string of the molecule is Cc1cc(Nc2ccnc(Nc3ccc(S(=O)(=O)N4CCC(C(CO)c5ccncc5F)CC4)cc3)n2)ccc1F. The number of piperidine rings is 1. The lowest BCUT2D eigenvalue weighted by atomic mass is 9.81. The van der Waals surface area contributed by atoms with Crippen molar-refractivity contribution in [2.24, 2.45) is 5.92 Å². The fourth-order valence-corrected chi connectivity index (χ4v) is 6.52. The van der Waals surface area contributed by atoms with Gasteiger partial charge >= 0.3 is 0 Å². The van der Waals surface area contributed by atoms with Gasteiger partial charge < -0.3 is 15.7 Å². The van der Waals surface area contributed by atoms with Crippen molar-refractivity contribution in [1.82, 2.24) is 19.3 Å². The van der Waals surface area contributed by atoms with E-state index in [1.165, 1.54) is 28.7 Å². The molecule has 1 fully saturated rings. The average molecular weight is 581 g/mol. The van der Waals surface area contributed by atoms with Crippen LogP contribution in [0.2, 0.25) is 0 Å². The highest BCUT2D eigenvalue weighted by atomic mass is 32.2. The lowest BCUT2D eigenvalue weighted by molar-refractivity contribution is 0.176. The Morgan fingerprint density at radius 1 is 0.976 bits per heavy atom. The van der Waals surface area contributed by atoms with Gasteiger partial charge in [0.1, 0.15) is 17.5 Å². The Hall–Kier alpha value is -4.00. The molecule has 1 atom stereocenters. The fraction of sp³-hybridized carbons (Fsp3) is 0.276. The van der Waals surface area contributed by atoms with Crippen molar-refractivity contribution in [3.63, 3.8) is 0 Å². The molecule has 0 saturated carbocycles. The predicted molar refractivity (Wildman–Crippen MR) is 152 cm³/mol. The standard InChI is InChI=1S/C29H30F2N6O3S/c1-19-16-22(4-7-26(19)30)34-28-9-13-33-29(36-28)35-21-2-5-23(6-3-21)41(39,40)37-14-10-20(11-15-37)25(18-38)24-8-12-32-17-27(24)31/h2-9,12-13,16-17,20,25,38H,10-11,14-15,18H2,1H3,(H2,33,34,35,36). The first-order chi connectivity index (χ1) is 19.7. The van der Waals surface area contributed by atoms with E-state index < -0.39 is 21.8 Å². The topological polar surface area (TPSA) is 120 Å². The number of nitrogens with zero attached hydrogens (tertiary/aromatic N) is 4. The highest BCUT2D eigenvalue weighted by Gasteiger charge is 2.33. The Labute approximate surface area is 237 Å². The second-order valence-corrected chi connectivity index (χ2v) is 11.9. The van der Waals surface area contributed by atoms with E-state index in [0.717, 1.165) is 6.20 Å². The zero-order valence-corrected chi connectivity index (χ0v) is 23.2. The molecule has 1 unspecified atom stereocenters. The van der Waals surface area contributed by atoms with Gasteiger partial charge in [-0.15, -0.1) is 0 Å². The Bertz CT molecular complexity index is 1610. The van der Waals surface area contributed by atoms with Crippen LogP contribution in [0.1, 0.15) is 29.9 Å². The lowest BCUT2D eigenvalue weighted by Gasteiger charge is -2.35. The first kappa shape index (κ1) is 28.5. The molecular weight excluding hydrogens is 550 g/mol. The third-order valence-corrected chi connectivity index (χ3v) is 9.21. The maximum absolute atomic E-state index is 14.3. The number of pyridine rings is 1. The summed E-state index contributed by atoms with van der Waals surface area (Å²) in [5.41, 5.74) is 2.20. The largest absolute Gasteiger partial charge is 0.396 e. The highest BCUT2D eigenvalue weighted by molar-refractivity contribution is 7.89. The quantitative estimate of drug-likeness (QED) is 0.250. The third kappa shape index (κ3) is 6.50. The van der Waals surface area contributed by atoms with Gasteiger partial charge in [0, 0.05) is 42.8 Å². The van der Waals surface area contributed by atoms with E-state index >= 15 is 0 Å². The van der Waals surface area contributed by atoms with Crippen LogP contribution < -0.4 is 10.6 Å². The van der Waals surface area contributed by atoms with Crippen LogP contribution in [-0.4, -0.2) is 52.5 Å². The van der Waals surface area contributed by atoms with Gasteiger partial charge in [-0.25, -0.2) is 22.2 Å². The third-order valence-electron chi connectivity index (χ3n) is 7.30. The molecule has 0 amide bonds. The molecule has 5 rings (SSSR count). The van der Waals surface area contributed by atoms with Gasteiger partial charge in [0.25, 0.3) is 0 Å². The zero-order valence-electron chi connectivity index (χ0n) is 22.3. The summed E-state index contributed by atoms with van der Waals surface area (Å²) in [4.78, 5) is 12.6. The van der Waals surface area contributed by atoms with Gasteiger partial charge in [-0.1, -0.05) is 0 Å². The number of aryl methyl sites for hydroxylation is 1. The first-order valence-corrected chi connectivity index (χ1v) is 14.6. The fourth-order valence-electron chi connectivity index (χ4n) is 5.05. The van der Waals surface area contributed by atoms with Gasteiger partial charge in [0.05, 0.1) is 17.7 Å². The Morgan fingerprint density at radius 3 is 2.39 bits per heavy atom. The Morgan fingerprint density at radius 2 is 1.71 bits per heavy atom. The number of rotatable bonds is 9. The van der Waals surface area contributed by atoms with Crippen LogP contribution in [0.3, 0.4) is 0 Å². The number of hydrogen-bond acceptors (Lipinski definition) is 8. The van der Waals surface area contributed by atoms with Crippen LogP contribution >= 0.6 is 0 Å². The molecule has 9 nitrogen and oxygen atoms in total. The van der Waals surface area contributed by atoms with Gasteiger partial charge in [0.15, 0.2) is 0 Å². The molecule has 41 heavy (non-hydrogen) atoms. The van der Waals surface area contributed by atoms with Gasteiger partial charge in [0.2, 0.25) is 16.0 Å². The molecule has 0 radical (unpaired) electrons. The van der Waals surface area contributed by atoms with Crippen LogP contribution in [0.25, 0.3) is 0 Å². The van der Waals surface area contributed by atoms with Crippen molar-refractivity contribution in [1.29, 1.82) is 0 Å². The van der Waals surface area contributed by atoms with Crippen molar-refractivity contribution < 1.29 is 22.3 Å². The smallest absolute Gasteiger partial charge is 0.243 e. The normalized spacial score (nSPS) is 15.4. The molecule has 1 aliphatic heterocycles. The van der Waals surface area contributed by atoms with Crippen molar-refractivity contribution in [3.8, 4) is 0 Å². The van der Waals surface area contributed by atoms with Gasteiger partial charge in [-0.3, -0.25) is 4.98 Å². The van der Waals surface area contributed by atoms with Crippen LogP contribution in [0.4, 0.5) is 31.9 Å². The lowest BCUT2D eigenvalue weighted by Crippen LogP contribution is -2.40. The minimum absolute atomic E-state index is 0.0488. The van der Waals surface area contributed by atoms with E-state index in [4.69, 9.17) is 0 Å².